The molecule has 0 bridgehead atoms. The van der Waals surface area contributed by atoms with Crippen molar-refractivity contribution in [3.63, 3.8) is 0 Å². The van der Waals surface area contributed by atoms with Crippen LogP contribution in [0, 0.1) is 0 Å². The maximum absolute atomic E-state index is 14.1. The summed E-state index contributed by atoms with van der Waals surface area (Å²) in [5.41, 5.74) is -0.779. The lowest BCUT2D eigenvalue weighted by Gasteiger charge is -2.14. The number of esters is 2. The minimum Gasteiger partial charge on any atom is -0.507 e. The molecule has 56 heavy (non-hydrogen) atoms. The van der Waals surface area contributed by atoms with E-state index in [9.17, 15) is 29.4 Å². The third kappa shape index (κ3) is 7.94. The number of H-pyrrole nitrogens is 1. The van der Waals surface area contributed by atoms with E-state index in [0.29, 0.717) is 0 Å². The third-order valence-corrected chi connectivity index (χ3v) is 10.1. The topological polar surface area (TPSA) is 209 Å². The zero-order valence-corrected chi connectivity index (χ0v) is 33.1. The molecule has 0 fully saturated rings. The predicted octanol–water partition coefficient (Wildman–Crippen LogP) is 7.24. The largest absolute Gasteiger partial charge is 0.507 e. The highest BCUT2D eigenvalue weighted by Crippen LogP contribution is 2.42. The van der Waals surface area contributed by atoms with Crippen molar-refractivity contribution in [2.24, 2.45) is 0 Å². The molecular formula is C34H24Cl6N8O8. The Morgan fingerprint density at radius 1 is 0.696 bits per heavy atom. The standard InChI is InChI=1S/C34H24Cl6N8O8/c1-3-55-26(51)12-46-10-21(42-44-46)14-7-24(49)16(5-18(14)35)31(53)23-9-20(37)34(40)48(23)30-28(38)33(39)41-29(30)32(54)17-6-19(36)15(8-25(17)50)22-11-47(45-43-22)13-27(52)56-4-2/h5-11,41,49-50H,3-4,12-13H2,1-2H3. The third-order valence-electron chi connectivity index (χ3n) is 7.94. The number of hydrogen-bond donors (Lipinski definition) is 3. The van der Waals surface area contributed by atoms with Gasteiger partial charge in [-0.2, -0.15) is 0 Å². The molecule has 2 aromatic carbocycles. The van der Waals surface area contributed by atoms with Crippen LogP contribution in [-0.4, -0.2) is 86.5 Å². The number of aromatic amines is 1. The summed E-state index contributed by atoms with van der Waals surface area (Å²) >= 11 is 39.1. The van der Waals surface area contributed by atoms with Crippen molar-refractivity contribution in [2.75, 3.05) is 13.2 Å². The minimum absolute atomic E-state index is 0.0273. The summed E-state index contributed by atoms with van der Waals surface area (Å²) in [6, 6.07) is 5.87. The maximum Gasteiger partial charge on any atom is 0.327 e. The first kappa shape index (κ1) is 40.6. The van der Waals surface area contributed by atoms with Crippen LogP contribution in [0.4, 0.5) is 0 Å². The number of hydrogen-bond acceptors (Lipinski definition) is 12. The second-order valence-electron chi connectivity index (χ2n) is 11.5. The molecule has 0 saturated heterocycles. The van der Waals surface area contributed by atoms with Gasteiger partial charge in [-0.3, -0.25) is 23.7 Å². The molecule has 0 radical (unpaired) electrons. The van der Waals surface area contributed by atoms with Crippen molar-refractivity contribution in [1.29, 1.82) is 0 Å². The molecule has 0 saturated carbocycles. The number of aromatic nitrogens is 8. The van der Waals surface area contributed by atoms with E-state index in [2.05, 4.69) is 25.6 Å². The van der Waals surface area contributed by atoms with Gasteiger partial charge < -0.3 is 24.7 Å². The molecule has 3 N–H and O–H groups in total. The Bertz CT molecular complexity index is 2390. The predicted molar refractivity (Wildman–Crippen MR) is 205 cm³/mol. The first-order chi connectivity index (χ1) is 26.6. The van der Waals surface area contributed by atoms with E-state index in [4.69, 9.17) is 79.1 Å². The van der Waals surface area contributed by atoms with E-state index in [1.165, 1.54) is 52.1 Å². The normalized spacial score (nSPS) is 11.2. The Morgan fingerprint density at radius 2 is 1.18 bits per heavy atom. The lowest BCUT2D eigenvalue weighted by atomic mass is 10.0. The van der Waals surface area contributed by atoms with E-state index < -0.39 is 35.0 Å². The number of carbonyl (C=O) groups excluding carboxylic acids is 4. The number of ether oxygens (including phenoxy) is 2. The molecular weight excluding hydrogens is 861 g/mol. The van der Waals surface area contributed by atoms with Gasteiger partial charge in [-0.05, 0) is 44.2 Å². The molecule has 16 nitrogen and oxygen atoms in total. The van der Waals surface area contributed by atoms with E-state index in [1.807, 2.05) is 0 Å². The van der Waals surface area contributed by atoms with Crippen molar-refractivity contribution in [3.8, 4) is 39.7 Å². The van der Waals surface area contributed by atoms with Crippen LogP contribution in [-0.2, 0) is 32.2 Å². The molecule has 6 rings (SSSR count). The molecule has 4 heterocycles. The van der Waals surface area contributed by atoms with Gasteiger partial charge in [-0.25, -0.2) is 9.36 Å². The van der Waals surface area contributed by atoms with Crippen LogP contribution >= 0.6 is 69.6 Å². The Balaban J connectivity index is 1.35. The summed E-state index contributed by atoms with van der Waals surface area (Å²) in [7, 11) is 0. The highest BCUT2D eigenvalue weighted by Gasteiger charge is 2.32. The number of carbonyl (C=O) groups is 4. The van der Waals surface area contributed by atoms with Gasteiger partial charge in [0.05, 0.1) is 63.2 Å². The fourth-order valence-electron chi connectivity index (χ4n) is 5.48. The molecule has 0 amide bonds. The SMILES string of the molecule is CCOC(=O)Cn1cc(-c2cc(O)c(C(=O)c3[nH]c(Cl)c(Cl)c3-n3c(C(=O)c4cc(Cl)c(-c5cn(CC(=O)OCC)nn5)cc4O)cc(Cl)c3Cl)cc2Cl)nn1. The summed E-state index contributed by atoms with van der Waals surface area (Å²) < 4.78 is 13.3. The van der Waals surface area contributed by atoms with Crippen LogP contribution in [0.3, 0.4) is 0 Å². The smallest absolute Gasteiger partial charge is 0.327 e. The Kier molecular flexibility index (Phi) is 12.0. The van der Waals surface area contributed by atoms with Gasteiger partial charge >= 0.3 is 11.9 Å². The van der Waals surface area contributed by atoms with E-state index in [-0.39, 0.29) is 107 Å². The summed E-state index contributed by atoms with van der Waals surface area (Å²) in [5.74, 6) is -3.93. The molecule has 4 aromatic heterocycles. The van der Waals surface area contributed by atoms with Crippen LogP contribution in [0.15, 0.2) is 42.7 Å². The molecule has 22 heteroatoms. The first-order valence-corrected chi connectivity index (χ1v) is 18.3. The van der Waals surface area contributed by atoms with Crippen molar-refractivity contribution in [2.45, 2.75) is 26.9 Å². The zero-order chi connectivity index (χ0) is 40.6. The lowest BCUT2D eigenvalue weighted by Crippen LogP contribution is -2.13. The van der Waals surface area contributed by atoms with Crippen molar-refractivity contribution >= 4 is 93.1 Å². The molecule has 290 valence electrons. The highest BCUT2D eigenvalue weighted by molar-refractivity contribution is 6.45. The fraction of sp³-hybridized carbons (Fsp3) is 0.176. The van der Waals surface area contributed by atoms with Crippen LogP contribution in [0.25, 0.3) is 28.2 Å². The first-order valence-electron chi connectivity index (χ1n) is 16.0. The fourth-order valence-corrected chi connectivity index (χ4v) is 6.83. The molecule has 0 atom stereocenters. The Morgan fingerprint density at radius 3 is 1.66 bits per heavy atom. The van der Waals surface area contributed by atoms with Crippen LogP contribution in [0.2, 0.25) is 30.4 Å². The van der Waals surface area contributed by atoms with Crippen LogP contribution in [0.1, 0.15) is 46.0 Å². The van der Waals surface area contributed by atoms with E-state index in [0.717, 1.165) is 4.57 Å². The van der Waals surface area contributed by atoms with Gasteiger partial charge in [-0.1, -0.05) is 80.0 Å². The van der Waals surface area contributed by atoms with Crippen LogP contribution in [0.5, 0.6) is 11.5 Å². The van der Waals surface area contributed by atoms with Crippen LogP contribution < -0.4 is 0 Å². The summed E-state index contributed by atoms with van der Waals surface area (Å²) in [5, 5.41) is 36.9. The van der Waals surface area contributed by atoms with Gasteiger partial charge in [0.15, 0.2) is 0 Å². The molecule has 0 spiro atoms. The monoisotopic (exact) mass is 882 g/mol. The van der Waals surface area contributed by atoms with Crippen molar-refractivity contribution < 1.29 is 38.9 Å². The number of phenolic OH excluding ortho intramolecular Hbond substituents is 2. The molecule has 6 aromatic rings. The van der Waals surface area contributed by atoms with Gasteiger partial charge in [0.25, 0.3) is 0 Å². The molecule has 0 aliphatic heterocycles. The summed E-state index contributed by atoms with van der Waals surface area (Å²) in [6.45, 7) is 3.23. The number of ketones is 2. The summed E-state index contributed by atoms with van der Waals surface area (Å²) in [6.07, 6.45) is 2.80. The number of nitrogens with one attached hydrogen (secondary N) is 1. The molecule has 0 aliphatic rings. The maximum atomic E-state index is 14.1. The molecule has 0 unspecified atom stereocenters. The van der Waals surface area contributed by atoms with Crippen molar-refractivity contribution in [1.82, 2.24) is 39.5 Å². The van der Waals surface area contributed by atoms with Crippen molar-refractivity contribution in [3.05, 3.63) is 95.6 Å². The van der Waals surface area contributed by atoms with Gasteiger partial charge in [-0.15, -0.1) is 10.2 Å². The minimum atomic E-state index is -0.892. The highest BCUT2D eigenvalue weighted by atomic mass is 35.5. The number of phenols is 2. The number of halogens is 6. The van der Waals surface area contributed by atoms with Gasteiger partial charge in [0, 0.05) is 11.1 Å². The lowest BCUT2D eigenvalue weighted by molar-refractivity contribution is -0.145. The van der Waals surface area contributed by atoms with E-state index >= 15 is 0 Å². The number of benzene rings is 2. The van der Waals surface area contributed by atoms with Gasteiger partial charge in [0.1, 0.15) is 57.0 Å². The Labute approximate surface area is 345 Å². The molecule has 0 aliphatic carbocycles. The number of rotatable bonds is 13. The second-order valence-corrected chi connectivity index (χ2v) is 13.9. The zero-order valence-electron chi connectivity index (χ0n) is 28.6. The Hall–Kier alpha value is -5.10. The van der Waals surface area contributed by atoms with Gasteiger partial charge in [0.2, 0.25) is 11.6 Å². The number of aromatic hydroxyl groups is 2. The van der Waals surface area contributed by atoms with E-state index in [1.54, 1.807) is 13.8 Å². The quantitative estimate of drug-likeness (QED) is 0.0775. The summed E-state index contributed by atoms with van der Waals surface area (Å²) in [4.78, 5) is 54.7. The average molecular weight is 885 g/mol. The number of nitrogens with zero attached hydrogens (tertiary/aromatic N) is 7. The average Bonchev–Trinajstić information content (AvgIpc) is 3.93. The second kappa shape index (κ2) is 16.6.